The Balaban J connectivity index is 2.00. The van der Waals surface area contributed by atoms with Crippen molar-refractivity contribution in [2.45, 2.75) is 71.6 Å². The first-order chi connectivity index (χ1) is 9.44. The average Bonchev–Trinajstić information content (AvgIpc) is 2.37. The van der Waals surface area contributed by atoms with E-state index < -0.39 is 0 Å². The molecular weight excluding hydrogens is 246 g/mol. The Kier molecular flexibility index (Phi) is 5.09. The van der Waals surface area contributed by atoms with Crippen LogP contribution in [0.1, 0.15) is 58.9 Å². The molecule has 0 bridgehead atoms. The van der Waals surface area contributed by atoms with Crippen molar-refractivity contribution >= 4 is 0 Å². The molecule has 0 heterocycles. The number of hydrogen-bond acceptors (Lipinski definition) is 2. The van der Waals surface area contributed by atoms with Crippen molar-refractivity contribution in [3.8, 4) is 5.75 Å². The van der Waals surface area contributed by atoms with Gasteiger partial charge in [0.25, 0.3) is 0 Å². The topological polar surface area (TPSA) is 21.3 Å². The van der Waals surface area contributed by atoms with Crippen LogP contribution in [0.25, 0.3) is 0 Å². The average molecular weight is 275 g/mol. The zero-order valence-corrected chi connectivity index (χ0v) is 13.4. The van der Waals surface area contributed by atoms with E-state index in [1.807, 2.05) is 0 Å². The van der Waals surface area contributed by atoms with Crippen LogP contribution in [0.2, 0.25) is 0 Å². The van der Waals surface area contributed by atoms with Crippen LogP contribution in [0.15, 0.2) is 24.3 Å². The molecular formula is C18H29NO. The van der Waals surface area contributed by atoms with E-state index in [9.17, 15) is 0 Å². The predicted octanol–water partition coefficient (Wildman–Crippen LogP) is 4.53. The first-order valence-electron chi connectivity index (χ1n) is 7.93. The Morgan fingerprint density at radius 3 is 2.65 bits per heavy atom. The van der Waals surface area contributed by atoms with Crippen molar-refractivity contribution < 1.29 is 4.74 Å². The van der Waals surface area contributed by atoms with Gasteiger partial charge in [0.1, 0.15) is 5.75 Å². The molecule has 1 aromatic rings. The zero-order valence-electron chi connectivity index (χ0n) is 13.4. The van der Waals surface area contributed by atoms with Gasteiger partial charge in [-0.25, -0.2) is 0 Å². The number of benzene rings is 1. The first kappa shape index (κ1) is 15.4. The second kappa shape index (κ2) is 6.62. The maximum atomic E-state index is 6.28. The molecule has 1 aliphatic carbocycles. The molecule has 2 nitrogen and oxygen atoms in total. The standard InChI is InChI=1S/C18H29NO/c1-14-8-7-10-16(12-14)20-17-11-6-5-9-15(17)13-19-18(2,3)4/h5-6,9,11,14,16,19H,7-8,10,12-13H2,1-4H3. The molecule has 1 aliphatic rings. The molecule has 0 aliphatic heterocycles. The smallest absolute Gasteiger partial charge is 0.124 e. The van der Waals surface area contributed by atoms with Gasteiger partial charge in [0.2, 0.25) is 0 Å². The molecule has 2 unspecified atom stereocenters. The number of ether oxygens (including phenoxy) is 1. The van der Waals surface area contributed by atoms with Crippen molar-refractivity contribution in [3.63, 3.8) is 0 Å². The fraction of sp³-hybridized carbons (Fsp3) is 0.667. The lowest BCUT2D eigenvalue weighted by Gasteiger charge is -2.28. The number of para-hydroxylation sites is 1. The second-order valence-electron chi connectivity index (χ2n) is 7.22. The summed E-state index contributed by atoms with van der Waals surface area (Å²) in [6.45, 7) is 9.78. The molecule has 20 heavy (non-hydrogen) atoms. The van der Waals surface area contributed by atoms with Crippen LogP contribution in [0.4, 0.5) is 0 Å². The molecule has 0 saturated heterocycles. The quantitative estimate of drug-likeness (QED) is 0.871. The third-order valence-electron chi connectivity index (χ3n) is 3.96. The fourth-order valence-corrected chi connectivity index (χ4v) is 2.79. The molecule has 2 heteroatoms. The van der Waals surface area contributed by atoms with E-state index >= 15 is 0 Å². The van der Waals surface area contributed by atoms with Gasteiger partial charge in [-0.1, -0.05) is 31.5 Å². The molecule has 0 radical (unpaired) electrons. The van der Waals surface area contributed by atoms with Crippen molar-refractivity contribution in [1.82, 2.24) is 5.32 Å². The fourth-order valence-electron chi connectivity index (χ4n) is 2.79. The number of hydrogen-bond donors (Lipinski definition) is 1. The van der Waals surface area contributed by atoms with Crippen molar-refractivity contribution in [2.24, 2.45) is 5.92 Å². The zero-order chi connectivity index (χ0) is 14.6. The SMILES string of the molecule is CC1CCCC(Oc2ccccc2CNC(C)(C)C)C1. The normalized spacial score (nSPS) is 23.6. The lowest BCUT2D eigenvalue weighted by Crippen LogP contribution is -2.35. The summed E-state index contributed by atoms with van der Waals surface area (Å²) < 4.78 is 6.28. The summed E-state index contributed by atoms with van der Waals surface area (Å²) >= 11 is 0. The minimum absolute atomic E-state index is 0.131. The highest BCUT2D eigenvalue weighted by atomic mass is 16.5. The lowest BCUT2D eigenvalue weighted by atomic mass is 9.88. The van der Waals surface area contributed by atoms with E-state index in [-0.39, 0.29) is 5.54 Å². The van der Waals surface area contributed by atoms with Gasteiger partial charge in [-0.05, 0) is 52.0 Å². The van der Waals surface area contributed by atoms with Gasteiger partial charge >= 0.3 is 0 Å². The lowest BCUT2D eigenvalue weighted by molar-refractivity contribution is 0.127. The van der Waals surface area contributed by atoms with Gasteiger partial charge in [-0.15, -0.1) is 0 Å². The van der Waals surface area contributed by atoms with E-state index in [1.165, 1.54) is 31.2 Å². The molecule has 0 aromatic heterocycles. The van der Waals surface area contributed by atoms with Crippen LogP contribution in [0.5, 0.6) is 5.75 Å². The van der Waals surface area contributed by atoms with Crippen molar-refractivity contribution in [1.29, 1.82) is 0 Å². The Morgan fingerprint density at radius 1 is 1.20 bits per heavy atom. The summed E-state index contributed by atoms with van der Waals surface area (Å²) in [5, 5.41) is 3.54. The molecule has 0 amide bonds. The predicted molar refractivity (Wildman–Crippen MR) is 85.1 cm³/mol. The van der Waals surface area contributed by atoms with Gasteiger partial charge in [-0.3, -0.25) is 0 Å². The van der Waals surface area contributed by atoms with Crippen LogP contribution < -0.4 is 10.1 Å². The van der Waals surface area contributed by atoms with Gasteiger partial charge in [0.15, 0.2) is 0 Å². The summed E-state index contributed by atoms with van der Waals surface area (Å²) in [5.74, 6) is 1.86. The van der Waals surface area contributed by atoms with Gasteiger partial charge in [0, 0.05) is 17.6 Å². The summed E-state index contributed by atoms with van der Waals surface area (Å²) in [7, 11) is 0. The number of rotatable bonds is 4. The summed E-state index contributed by atoms with van der Waals surface area (Å²) in [6.07, 6.45) is 5.45. The van der Waals surface area contributed by atoms with Crippen LogP contribution in [-0.4, -0.2) is 11.6 Å². The summed E-state index contributed by atoms with van der Waals surface area (Å²) in [4.78, 5) is 0. The minimum Gasteiger partial charge on any atom is -0.490 e. The Morgan fingerprint density at radius 2 is 1.95 bits per heavy atom. The van der Waals surface area contributed by atoms with Gasteiger partial charge in [0.05, 0.1) is 6.10 Å². The van der Waals surface area contributed by atoms with E-state index in [0.29, 0.717) is 6.10 Å². The Labute approximate surface area is 123 Å². The van der Waals surface area contributed by atoms with E-state index in [4.69, 9.17) is 4.74 Å². The van der Waals surface area contributed by atoms with Gasteiger partial charge < -0.3 is 10.1 Å². The van der Waals surface area contributed by atoms with E-state index in [2.05, 4.69) is 57.3 Å². The molecule has 0 spiro atoms. The van der Waals surface area contributed by atoms with Crippen LogP contribution in [0, 0.1) is 5.92 Å². The van der Waals surface area contributed by atoms with Crippen molar-refractivity contribution in [3.05, 3.63) is 29.8 Å². The summed E-state index contributed by atoms with van der Waals surface area (Å²) in [6, 6.07) is 8.44. The highest BCUT2D eigenvalue weighted by molar-refractivity contribution is 5.33. The highest BCUT2D eigenvalue weighted by Crippen LogP contribution is 2.29. The monoisotopic (exact) mass is 275 g/mol. The molecule has 112 valence electrons. The van der Waals surface area contributed by atoms with Gasteiger partial charge in [-0.2, -0.15) is 0 Å². The van der Waals surface area contributed by atoms with E-state index in [0.717, 1.165) is 18.2 Å². The summed E-state index contributed by atoms with van der Waals surface area (Å²) in [5.41, 5.74) is 1.40. The highest BCUT2D eigenvalue weighted by Gasteiger charge is 2.21. The molecule has 1 aromatic carbocycles. The molecule has 1 fully saturated rings. The molecule has 1 N–H and O–H groups in total. The van der Waals surface area contributed by atoms with Crippen LogP contribution >= 0.6 is 0 Å². The maximum absolute atomic E-state index is 6.28. The third-order valence-corrected chi connectivity index (χ3v) is 3.96. The number of nitrogens with one attached hydrogen (secondary N) is 1. The Bertz CT molecular complexity index is 422. The first-order valence-corrected chi connectivity index (χ1v) is 7.93. The molecule has 2 atom stereocenters. The second-order valence-corrected chi connectivity index (χ2v) is 7.22. The Hall–Kier alpha value is -1.02. The molecule has 2 rings (SSSR count). The largest absolute Gasteiger partial charge is 0.490 e. The molecule has 1 saturated carbocycles. The maximum Gasteiger partial charge on any atom is 0.124 e. The van der Waals surface area contributed by atoms with Crippen LogP contribution in [0.3, 0.4) is 0 Å². The minimum atomic E-state index is 0.131. The third kappa shape index (κ3) is 4.82. The van der Waals surface area contributed by atoms with Crippen LogP contribution in [-0.2, 0) is 6.54 Å². The van der Waals surface area contributed by atoms with Crippen molar-refractivity contribution in [2.75, 3.05) is 0 Å². The van der Waals surface area contributed by atoms with E-state index in [1.54, 1.807) is 0 Å².